The molecular formula is C30H26N4. The first-order valence-electron chi connectivity index (χ1n) is 12.2. The molecule has 7 aromatic rings. The first-order valence-corrected chi connectivity index (χ1v) is 12.2. The number of hydrogen-bond acceptors (Lipinski definition) is 1. The monoisotopic (exact) mass is 442 g/mol. The molecule has 0 bridgehead atoms. The van der Waals surface area contributed by atoms with Crippen LogP contribution in [0.3, 0.4) is 0 Å². The van der Waals surface area contributed by atoms with Crippen molar-refractivity contribution in [2.24, 2.45) is 0 Å². The van der Waals surface area contributed by atoms with E-state index in [1.807, 2.05) is 6.07 Å². The zero-order chi connectivity index (χ0) is 22.6. The summed E-state index contributed by atoms with van der Waals surface area (Å²) in [6, 6.07) is 25.6. The van der Waals surface area contributed by atoms with Crippen LogP contribution in [0.1, 0.15) is 31.7 Å². The number of aryl methyl sites for hydroxylation is 1. The van der Waals surface area contributed by atoms with E-state index in [4.69, 9.17) is 4.98 Å². The second kappa shape index (κ2) is 7.49. The Morgan fingerprint density at radius 1 is 0.647 bits per heavy atom. The van der Waals surface area contributed by atoms with E-state index < -0.39 is 0 Å². The van der Waals surface area contributed by atoms with Gasteiger partial charge in [-0.2, -0.15) is 0 Å². The number of imidazole rings is 1. The number of para-hydroxylation sites is 4. The van der Waals surface area contributed by atoms with E-state index >= 15 is 0 Å². The summed E-state index contributed by atoms with van der Waals surface area (Å²) in [6.07, 6.45) is 4.68. The second-order valence-corrected chi connectivity index (χ2v) is 9.25. The third-order valence-corrected chi connectivity index (χ3v) is 7.17. The van der Waals surface area contributed by atoms with E-state index in [1.54, 1.807) is 0 Å². The average Bonchev–Trinajstić information content (AvgIpc) is 3.57. The molecule has 3 aromatic heterocycles. The molecule has 3 heterocycles. The topological polar surface area (TPSA) is 60.3 Å². The van der Waals surface area contributed by atoms with Crippen LogP contribution < -0.4 is 0 Å². The number of aromatic amines is 3. The van der Waals surface area contributed by atoms with E-state index in [0.717, 1.165) is 28.8 Å². The third-order valence-electron chi connectivity index (χ3n) is 7.17. The summed E-state index contributed by atoms with van der Waals surface area (Å²) < 4.78 is 0. The average molecular weight is 443 g/mol. The number of benzene rings is 4. The highest BCUT2D eigenvalue weighted by molar-refractivity contribution is 6.26. The van der Waals surface area contributed by atoms with E-state index in [1.165, 1.54) is 68.4 Å². The van der Waals surface area contributed by atoms with Crippen molar-refractivity contribution in [3.63, 3.8) is 0 Å². The molecule has 0 aliphatic heterocycles. The van der Waals surface area contributed by atoms with E-state index in [-0.39, 0.29) is 0 Å². The molecule has 0 unspecified atom stereocenters. The molecule has 0 amide bonds. The summed E-state index contributed by atoms with van der Waals surface area (Å²) in [5.41, 5.74) is 9.35. The molecule has 0 aliphatic rings. The molecule has 4 heteroatoms. The molecule has 0 atom stereocenters. The maximum Gasteiger partial charge on any atom is 0.141 e. The first-order chi connectivity index (χ1) is 16.8. The van der Waals surface area contributed by atoms with Gasteiger partial charge in [0, 0.05) is 32.6 Å². The van der Waals surface area contributed by atoms with Crippen LogP contribution in [0.5, 0.6) is 0 Å². The minimum Gasteiger partial charge on any atom is -0.354 e. The Balaban J connectivity index is 1.70. The Morgan fingerprint density at radius 3 is 2.03 bits per heavy atom. The molecule has 0 spiro atoms. The number of H-pyrrole nitrogens is 3. The Bertz CT molecular complexity index is 1790. The van der Waals surface area contributed by atoms with Gasteiger partial charge in [0.2, 0.25) is 0 Å². The fourth-order valence-corrected chi connectivity index (χ4v) is 5.63. The standard InChI is InChI=1S/C30H26N4/c1-2-3-4-13-20-25-18-11-5-7-14-21(18)32-29(25)27(30-33-23-16-9-10-17-24(23)34-30)26-19-12-6-8-15-22(19)31-28(20)26/h5-12,14-17,31-32H,2-4,13H2,1H3,(H,33,34). The van der Waals surface area contributed by atoms with Gasteiger partial charge in [0.05, 0.1) is 27.6 Å². The largest absolute Gasteiger partial charge is 0.354 e. The molecule has 0 radical (unpaired) electrons. The van der Waals surface area contributed by atoms with Crippen molar-refractivity contribution in [2.45, 2.75) is 32.6 Å². The maximum absolute atomic E-state index is 5.06. The van der Waals surface area contributed by atoms with E-state index in [2.05, 4.69) is 88.6 Å². The summed E-state index contributed by atoms with van der Waals surface area (Å²) in [5.74, 6) is 0.910. The first kappa shape index (κ1) is 19.4. The third kappa shape index (κ3) is 2.75. The van der Waals surface area contributed by atoms with Crippen molar-refractivity contribution in [1.82, 2.24) is 19.9 Å². The smallest absolute Gasteiger partial charge is 0.141 e. The zero-order valence-corrected chi connectivity index (χ0v) is 19.2. The number of rotatable bonds is 5. The van der Waals surface area contributed by atoms with Gasteiger partial charge < -0.3 is 15.0 Å². The molecule has 4 aromatic carbocycles. The fraction of sp³-hybridized carbons (Fsp3) is 0.167. The van der Waals surface area contributed by atoms with Crippen molar-refractivity contribution in [1.29, 1.82) is 0 Å². The lowest BCUT2D eigenvalue weighted by Gasteiger charge is -2.11. The van der Waals surface area contributed by atoms with Gasteiger partial charge in [-0.25, -0.2) is 4.98 Å². The van der Waals surface area contributed by atoms with Crippen molar-refractivity contribution >= 4 is 54.6 Å². The number of unbranched alkanes of at least 4 members (excludes halogenated alkanes) is 2. The lowest BCUT2D eigenvalue weighted by molar-refractivity contribution is 0.721. The van der Waals surface area contributed by atoms with Gasteiger partial charge in [-0.1, -0.05) is 68.3 Å². The van der Waals surface area contributed by atoms with Gasteiger partial charge in [0.15, 0.2) is 0 Å². The number of hydrogen-bond donors (Lipinski definition) is 3. The normalized spacial score (nSPS) is 12.1. The van der Waals surface area contributed by atoms with Gasteiger partial charge in [0.25, 0.3) is 0 Å². The Hall–Kier alpha value is -4.05. The highest BCUT2D eigenvalue weighted by Crippen LogP contribution is 2.44. The van der Waals surface area contributed by atoms with Gasteiger partial charge in [-0.15, -0.1) is 0 Å². The molecule has 0 fully saturated rings. The van der Waals surface area contributed by atoms with Gasteiger partial charge in [0.1, 0.15) is 5.82 Å². The minimum atomic E-state index is 0.910. The molecule has 0 saturated heterocycles. The minimum absolute atomic E-state index is 0.910. The van der Waals surface area contributed by atoms with Gasteiger partial charge in [-0.3, -0.25) is 0 Å². The molecule has 7 rings (SSSR count). The van der Waals surface area contributed by atoms with Crippen molar-refractivity contribution in [2.75, 3.05) is 0 Å². The lowest BCUT2D eigenvalue weighted by atomic mass is 9.93. The predicted octanol–water partition coefficient (Wildman–Crippen LogP) is 8.23. The summed E-state index contributed by atoms with van der Waals surface area (Å²) in [6.45, 7) is 2.27. The number of nitrogens with one attached hydrogen (secondary N) is 3. The van der Waals surface area contributed by atoms with Crippen LogP contribution >= 0.6 is 0 Å². The van der Waals surface area contributed by atoms with Gasteiger partial charge in [-0.05, 0) is 42.7 Å². The molecule has 4 nitrogen and oxygen atoms in total. The molecule has 0 saturated carbocycles. The SMILES string of the molecule is CCCCCc1c2[nH]c3ccccc3c2c(-c2nc3ccccc3[nH]2)c2[nH]c3ccccc3c12. The Kier molecular flexibility index (Phi) is 4.28. The molecule has 0 aliphatic carbocycles. The number of nitrogens with zero attached hydrogens (tertiary/aromatic N) is 1. The summed E-state index contributed by atoms with van der Waals surface area (Å²) in [7, 11) is 0. The van der Waals surface area contributed by atoms with Crippen LogP contribution in [0.15, 0.2) is 72.8 Å². The molecule has 166 valence electrons. The summed E-state index contributed by atoms with van der Waals surface area (Å²) in [4.78, 5) is 16.3. The van der Waals surface area contributed by atoms with E-state index in [0.29, 0.717) is 0 Å². The van der Waals surface area contributed by atoms with Crippen molar-refractivity contribution < 1.29 is 0 Å². The van der Waals surface area contributed by atoms with Crippen LogP contribution in [-0.2, 0) is 6.42 Å². The zero-order valence-electron chi connectivity index (χ0n) is 19.2. The molecule has 34 heavy (non-hydrogen) atoms. The van der Waals surface area contributed by atoms with Crippen LogP contribution in [0.4, 0.5) is 0 Å². The Morgan fingerprint density at radius 2 is 1.29 bits per heavy atom. The fourth-order valence-electron chi connectivity index (χ4n) is 5.63. The lowest BCUT2D eigenvalue weighted by Crippen LogP contribution is -1.94. The highest BCUT2D eigenvalue weighted by atomic mass is 14.9. The highest BCUT2D eigenvalue weighted by Gasteiger charge is 2.23. The van der Waals surface area contributed by atoms with Crippen molar-refractivity contribution in [3.05, 3.63) is 78.4 Å². The molecule has 3 N–H and O–H groups in total. The summed E-state index contributed by atoms with van der Waals surface area (Å²) >= 11 is 0. The van der Waals surface area contributed by atoms with Crippen LogP contribution in [-0.4, -0.2) is 19.9 Å². The van der Waals surface area contributed by atoms with Gasteiger partial charge >= 0.3 is 0 Å². The van der Waals surface area contributed by atoms with Crippen LogP contribution in [0.2, 0.25) is 0 Å². The number of aromatic nitrogens is 4. The quantitative estimate of drug-likeness (QED) is 0.231. The summed E-state index contributed by atoms with van der Waals surface area (Å²) in [5, 5.41) is 5.09. The molecular weight excluding hydrogens is 416 g/mol. The number of fused-ring (bicyclic) bond motifs is 7. The second-order valence-electron chi connectivity index (χ2n) is 9.25. The maximum atomic E-state index is 5.06. The van der Waals surface area contributed by atoms with E-state index in [9.17, 15) is 0 Å². The van der Waals surface area contributed by atoms with Crippen molar-refractivity contribution in [3.8, 4) is 11.4 Å². The van der Waals surface area contributed by atoms with Crippen LogP contribution in [0.25, 0.3) is 66.0 Å². The van der Waals surface area contributed by atoms with Crippen LogP contribution in [0, 0.1) is 0 Å². The Labute approximate surface area is 197 Å². The predicted molar refractivity (Wildman–Crippen MR) is 143 cm³/mol.